The Kier molecular flexibility index (Phi) is 4.20. The second-order valence-electron chi connectivity index (χ2n) is 9.34. The molecule has 0 saturated carbocycles. The van der Waals surface area contributed by atoms with Crippen LogP contribution in [0.25, 0.3) is 27.8 Å². The molecule has 2 heteroatoms. The molecule has 2 nitrogen and oxygen atoms in total. The lowest BCUT2D eigenvalue weighted by atomic mass is 9.65. The zero-order valence-electron chi connectivity index (χ0n) is 19.0. The van der Waals surface area contributed by atoms with Crippen molar-refractivity contribution >= 4 is 11.5 Å². The summed E-state index contributed by atoms with van der Waals surface area (Å²) in [5.41, 5.74) is 12.0. The van der Waals surface area contributed by atoms with Gasteiger partial charge in [0.1, 0.15) is 0 Å². The van der Waals surface area contributed by atoms with Gasteiger partial charge >= 0.3 is 5.97 Å². The van der Waals surface area contributed by atoms with Crippen LogP contribution in [0.1, 0.15) is 46.9 Å². The largest absolute Gasteiger partial charge is 0.463 e. The predicted octanol–water partition coefficient (Wildman–Crippen LogP) is 7.33. The third kappa shape index (κ3) is 2.48. The van der Waals surface area contributed by atoms with E-state index in [-0.39, 0.29) is 23.7 Å². The van der Waals surface area contributed by atoms with Gasteiger partial charge in [-0.1, -0.05) is 97.1 Å². The molecule has 3 aliphatic rings. The molecule has 7 rings (SSSR count). The summed E-state index contributed by atoms with van der Waals surface area (Å²) in [7, 11) is 0. The van der Waals surface area contributed by atoms with Gasteiger partial charge in [0.25, 0.3) is 0 Å². The van der Waals surface area contributed by atoms with Crippen LogP contribution >= 0.6 is 0 Å². The molecule has 164 valence electrons. The highest BCUT2D eigenvalue weighted by atomic mass is 16.5. The van der Waals surface area contributed by atoms with E-state index in [4.69, 9.17) is 4.74 Å². The highest BCUT2D eigenvalue weighted by molar-refractivity contribution is 6.08. The summed E-state index contributed by atoms with van der Waals surface area (Å²) in [6, 6.07) is 34.6. The number of fused-ring (bicyclic) bond motifs is 13. The number of benzene rings is 4. The molecule has 0 heterocycles. The Balaban J connectivity index is 1.62. The first-order chi connectivity index (χ1) is 16.8. The maximum absolute atomic E-state index is 13.7. The number of carbonyl (C=O) groups excluding carboxylic acids is 1. The van der Waals surface area contributed by atoms with Gasteiger partial charge in [0, 0.05) is 23.3 Å². The monoisotopic (exact) mass is 440 g/mol. The van der Waals surface area contributed by atoms with E-state index in [1.54, 1.807) is 0 Å². The highest BCUT2D eigenvalue weighted by Crippen LogP contribution is 2.67. The molecule has 3 unspecified atom stereocenters. The Morgan fingerprint density at radius 3 is 1.74 bits per heavy atom. The standard InChI is InChI=1S/C32H24O2/c1-2-34-32(33)31-29-25-17-9-5-13-21(25)19-11-3-7-15-23(19)27(29)28-24-16-8-4-12-20(24)22-14-6-10-18-26(22)30(28)31/h3-18,27-29H,2H2,1H3. The Morgan fingerprint density at radius 2 is 1.09 bits per heavy atom. The third-order valence-electron chi connectivity index (χ3n) is 7.83. The number of hydrogen-bond acceptors (Lipinski definition) is 2. The van der Waals surface area contributed by atoms with Gasteiger partial charge in [0.2, 0.25) is 0 Å². The zero-order valence-corrected chi connectivity index (χ0v) is 19.0. The van der Waals surface area contributed by atoms with Crippen molar-refractivity contribution in [2.24, 2.45) is 0 Å². The summed E-state index contributed by atoms with van der Waals surface area (Å²) >= 11 is 0. The smallest absolute Gasteiger partial charge is 0.334 e. The third-order valence-corrected chi connectivity index (χ3v) is 7.83. The Labute approximate surface area is 199 Å². The average Bonchev–Trinajstić information content (AvgIpc) is 3.26. The molecule has 0 aromatic heterocycles. The van der Waals surface area contributed by atoms with Gasteiger partial charge in [0.15, 0.2) is 0 Å². The summed E-state index contributed by atoms with van der Waals surface area (Å²) in [4.78, 5) is 13.7. The van der Waals surface area contributed by atoms with Gasteiger partial charge in [-0.2, -0.15) is 0 Å². The van der Waals surface area contributed by atoms with Gasteiger partial charge in [0.05, 0.1) is 6.61 Å². The van der Waals surface area contributed by atoms with E-state index in [0.29, 0.717) is 6.61 Å². The molecule has 0 fully saturated rings. The number of allylic oxidation sites excluding steroid dienone is 1. The van der Waals surface area contributed by atoms with Gasteiger partial charge in [-0.15, -0.1) is 0 Å². The summed E-state index contributed by atoms with van der Waals surface area (Å²) in [6.45, 7) is 2.26. The molecule has 0 aliphatic heterocycles. The molecule has 3 aliphatic carbocycles. The highest BCUT2D eigenvalue weighted by Gasteiger charge is 2.53. The topological polar surface area (TPSA) is 26.3 Å². The number of carbonyl (C=O) groups is 1. The quantitative estimate of drug-likeness (QED) is 0.305. The fraction of sp³-hybridized carbons (Fsp3) is 0.156. The van der Waals surface area contributed by atoms with Crippen molar-refractivity contribution < 1.29 is 9.53 Å². The maximum Gasteiger partial charge on any atom is 0.334 e. The fourth-order valence-electron chi connectivity index (χ4n) is 6.71. The lowest BCUT2D eigenvalue weighted by Crippen LogP contribution is -2.22. The molecule has 0 N–H and O–H groups in total. The Hall–Kier alpha value is -3.91. The van der Waals surface area contributed by atoms with Crippen LogP contribution in [0.3, 0.4) is 0 Å². The van der Waals surface area contributed by atoms with Crippen molar-refractivity contribution in [2.45, 2.75) is 24.7 Å². The summed E-state index contributed by atoms with van der Waals surface area (Å²) < 4.78 is 5.73. The van der Waals surface area contributed by atoms with Crippen molar-refractivity contribution in [3.8, 4) is 22.3 Å². The van der Waals surface area contributed by atoms with Crippen molar-refractivity contribution in [1.82, 2.24) is 0 Å². The minimum absolute atomic E-state index is 0.0376. The van der Waals surface area contributed by atoms with Crippen molar-refractivity contribution in [1.29, 1.82) is 0 Å². The van der Waals surface area contributed by atoms with Gasteiger partial charge in [-0.3, -0.25) is 0 Å². The first kappa shape index (κ1) is 19.5. The van der Waals surface area contributed by atoms with Gasteiger partial charge in [-0.05, 0) is 57.0 Å². The molecule has 4 aromatic carbocycles. The molecule has 4 aromatic rings. The van der Waals surface area contributed by atoms with Crippen LogP contribution in [-0.4, -0.2) is 12.6 Å². The number of hydrogen-bond donors (Lipinski definition) is 0. The number of rotatable bonds is 2. The molecule has 0 spiro atoms. The second-order valence-corrected chi connectivity index (χ2v) is 9.34. The van der Waals surface area contributed by atoms with Crippen LogP contribution in [0.4, 0.5) is 0 Å². The molecule has 3 atom stereocenters. The average molecular weight is 441 g/mol. The lowest BCUT2D eigenvalue weighted by Gasteiger charge is -2.37. The zero-order chi connectivity index (χ0) is 22.8. The van der Waals surface area contributed by atoms with Crippen LogP contribution in [0, 0.1) is 0 Å². The van der Waals surface area contributed by atoms with Crippen molar-refractivity contribution in [3.63, 3.8) is 0 Å². The molecule has 0 radical (unpaired) electrons. The van der Waals surface area contributed by atoms with E-state index < -0.39 is 0 Å². The van der Waals surface area contributed by atoms with E-state index in [2.05, 4.69) is 97.1 Å². The summed E-state index contributed by atoms with van der Waals surface area (Å²) in [6.07, 6.45) is 0. The summed E-state index contributed by atoms with van der Waals surface area (Å²) in [5.74, 6) is 0.0303. The maximum atomic E-state index is 13.7. The van der Waals surface area contributed by atoms with E-state index in [9.17, 15) is 4.79 Å². The molecule has 0 amide bonds. The van der Waals surface area contributed by atoms with Crippen LogP contribution < -0.4 is 0 Å². The molecule has 0 bridgehead atoms. The van der Waals surface area contributed by atoms with Crippen molar-refractivity contribution in [3.05, 3.63) is 125 Å². The van der Waals surface area contributed by atoms with Crippen molar-refractivity contribution in [2.75, 3.05) is 6.61 Å². The van der Waals surface area contributed by atoms with E-state index in [0.717, 1.165) is 11.1 Å². The lowest BCUT2D eigenvalue weighted by molar-refractivity contribution is -0.138. The molecule has 34 heavy (non-hydrogen) atoms. The van der Waals surface area contributed by atoms with Gasteiger partial charge in [-0.25, -0.2) is 4.79 Å². The molecule has 0 saturated heterocycles. The van der Waals surface area contributed by atoms with E-state index in [1.165, 1.54) is 44.5 Å². The number of ether oxygens (including phenoxy) is 1. The minimum Gasteiger partial charge on any atom is -0.463 e. The first-order valence-electron chi connectivity index (χ1n) is 12.1. The second kappa shape index (κ2) is 7.30. The van der Waals surface area contributed by atoms with Crippen LogP contribution in [0.5, 0.6) is 0 Å². The fourth-order valence-corrected chi connectivity index (χ4v) is 6.71. The normalized spacial score (nSPS) is 20.9. The first-order valence-corrected chi connectivity index (χ1v) is 12.1. The Morgan fingerprint density at radius 1 is 0.618 bits per heavy atom. The van der Waals surface area contributed by atoms with Crippen LogP contribution in [-0.2, 0) is 9.53 Å². The van der Waals surface area contributed by atoms with Crippen LogP contribution in [0.15, 0.2) is 103 Å². The summed E-state index contributed by atoms with van der Waals surface area (Å²) in [5, 5.41) is 0. The van der Waals surface area contributed by atoms with E-state index in [1.807, 2.05) is 6.92 Å². The molecular weight excluding hydrogens is 416 g/mol. The number of esters is 1. The molecular formula is C32H24O2. The SMILES string of the molecule is CCOC(=O)C1=C2c3ccccc3-c3ccccc3C2C2c3ccccc3-c3ccccc3C12. The Bertz CT molecular complexity index is 1510. The predicted molar refractivity (Wildman–Crippen MR) is 136 cm³/mol. The minimum atomic E-state index is -0.182. The van der Waals surface area contributed by atoms with Crippen LogP contribution in [0.2, 0.25) is 0 Å². The van der Waals surface area contributed by atoms with Gasteiger partial charge < -0.3 is 4.74 Å². The van der Waals surface area contributed by atoms with E-state index >= 15 is 0 Å².